The van der Waals surface area contributed by atoms with Crippen LogP contribution in [0.1, 0.15) is 187 Å². The van der Waals surface area contributed by atoms with E-state index in [9.17, 15) is 19.4 Å². The molecule has 0 aromatic heterocycles. The van der Waals surface area contributed by atoms with Crippen molar-refractivity contribution in [1.29, 1.82) is 0 Å². The summed E-state index contributed by atoms with van der Waals surface area (Å²) in [4.78, 5) is 25.4. The molecule has 3 unspecified atom stereocenters. The molecule has 0 heterocycles. The highest BCUT2D eigenvalue weighted by Crippen LogP contribution is 2.38. The van der Waals surface area contributed by atoms with Crippen LogP contribution >= 0.6 is 7.82 Å². The number of hydrogen-bond acceptors (Lipinski definition) is 6. The maximum Gasteiger partial charge on any atom is 0.268 e. The lowest BCUT2D eigenvalue weighted by Crippen LogP contribution is -2.46. The molecule has 71 heavy (non-hydrogen) atoms. The van der Waals surface area contributed by atoms with Gasteiger partial charge in [0.05, 0.1) is 39.9 Å². The average molecular weight is 1000 g/mol. The predicted octanol–water partition coefficient (Wildman–Crippen LogP) is 16.3. The number of nitrogens with zero attached hydrogens (tertiary/aromatic N) is 1. The van der Waals surface area contributed by atoms with Crippen LogP contribution in [-0.4, -0.2) is 68.5 Å². The molecule has 1 amide bonds. The first-order valence-electron chi connectivity index (χ1n) is 27.7. The number of unbranched alkanes of at least 4 members (excludes halogenated alkanes) is 11. The zero-order chi connectivity index (χ0) is 52.0. The minimum Gasteiger partial charge on any atom is -0.756 e. The molecule has 8 nitrogen and oxygen atoms in total. The number of hydrogen-bond donors (Lipinski definition) is 2. The second-order valence-corrected chi connectivity index (χ2v) is 20.6. The number of rotatable bonds is 48. The van der Waals surface area contributed by atoms with Crippen LogP contribution in [-0.2, 0) is 18.4 Å². The summed E-state index contributed by atoms with van der Waals surface area (Å²) in [6.07, 6.45) is 78.9. The first-order chi connectivity index (χ1) is 34.5. The quantitative estimate of drug-likeness (QED) is 0.0272. The molecule has 0 aromatic rings. The van der Waals surface area contributed by atoms with Crippen molar-refractivity contribution in [1.82, 2.24) is 5.32 Å². The van der Waals surface area contributed by atoms with Crippen LogP contribution in [0, 0.1) is 0 Å². The molecule has 0 aliphatic heterocycles. The van der Waals surface area contributed by atoms with Gasteiger partial charge < -0.3 is 28.8 Å². The fourth-order valence-electron chi connectivity index (χ4n) is 7.02. The molecule has 3 atom stereocenters. The molecular weight excluding hydrogens is 900 g/mol. The van der Waals surface area contributed by atoms with E-state index < -0.39 is 20.0 Å². The lowest BCUT2D eigenvalue weighted by molar-refractivity contribution is -0.870. The second-order valence-electron chi connectivity index (χ2n) is 19.2. The third-order valence-electron chi connectivity index (χ3n) is 11.3. The van der Waals surface area contributed by atoms with Gasteiger partial charge in [-0.05, 0) is 103 Å². The molecule has 0 radical (unpaired) electrons. The van der Waals surface area contributed by atoms with Crippen LogP contribution in [0.15, 0.2) is 146 Å². The fourth-order valence-corrected chi connectivity index (χ4v) is 7.74. The second kappa shape index (κ2) is 51.3. The van der Waals surface area contributed by atoms with E-state index in [2.05, 4.69) is 165 Å². The Labute approximate surface area is 436 Å². The van der Waals surface area contributed by atoms with Gasteiger partial charge in [0.2, 0.25) is 5.91 Å². The van der Waals surface area contributed by atoms with Crippen molar-refractivity contribution in [3.8, 4) is 0 Å². The number of allylic oxidation sites excluding steroid dienone is 24. The Bertz CT molecular complexity index is 1660. The summed E-state index contributed by atoms with van der Waals surface area (Å²) >= 11 is 0. The molecular formula is C62H103N2O6P. The molecule has 0 rings (SSSR count). The number of carbonyl (C=O) groups excluding carboxylic acids is 1. The van der Waals surface area contributed by atoms with E-state index in [1.165, 1.54) is 44.9 Å². The molecule has 0 saturated heterocycles. The van der Waals surface area contributed by atoms with Crippen LogP contribution < -0.4 is 10.2 Å². The number of likely N-dealkylation sites (N-methyl/N-ethyl adjacent to an activating group) is 1. The minimum absolute atomic E-state index is 0.00462. The Balaban J connectivity index is 4.19. The van der Waals surface area contributed by atoms with Crippen molar-refractivity contribution < 1.29 is 32.9 Å². The smallest absolute Gasteiger partial charge is 0.268 e. The van der Waals surface area contributed by atoms with Crippen LogP contribution in [0.5, 0.6) is 0 Å². The Morgan fingerprint density at radius 3 is 1.23 bits per heavy atom. The zero-order valence-corrected chi connectivity index (χ0v) is 46.5. The van der Waals surface area contributed by atoms with Gasteiger partial charge in [0.15, 0.2) is 0 Å². The van der Waals surface area contributed by atoms with Crippen LogP contribution in [0.2, 0.25) is 0 Å². The highest BCUT2D eigenvalue weighted by molar-refractivity contribution is 7.45. The third-order valence-corrected chi connectivity index (χ3v) is 12.3. The van der Waals surface area contributed by atoms with E-state index in [0.29, 0.717) is 30.3 Å². The van der Waals surface area contributed by atoms with Crippen LogP contribution in [0.25, 0.3) is 0 Å². The standard InChI is InChI=1S/C62H103N2O6P/c1-6-8-10-12-14-16-18-19-20-21-22-23-24-25-26-27-28-29-30-31-32-33-34-35-36-37-38-39-40-41-42-43-44-45-46-48-50-52-54-56-62(66)63-60(59-70-71(67,68)69-58-57-64(3,4)5)61(65)55-53-51-49-47-17-15-13-11-9-7-2/h8,10,14,16,19-20,22-23,25-26,28-29,31-32,34-35,37-38,40-41,43-44,46,48,60-61,65H,6-7,9,11-13,15,17-18,21,24,27,30,33,36,39,42,45,47,49-59H2,1-5H3,(H-,63,66,67,68)/b10-8-,16-14-,20-19-,23-22-,26-25-,29-28-,32-31-,35-34-,38-37-,41-40-,44-43-,48-46-. The minimum atomic E-state index is -4.59. The molecule has 0 aromatic carbocycles. The van der Waals surface area contributed by atoms with Gasteiger partial charge in [0, 0.05) is 6.42 Å². The number of carbonyl (C=O) groups is 1. The van der Waals surface area contributed by atoms with E-state index in [0.717, 1.165) is 109 Å². The first-order valence-corrected chi connectivity index (χ1v) is 29.1. The summed E-state index contributed by atoms with van der Waals surface area (Å²) in [5.74, 6) is -0.216. The normalized spacial score (nSPS) is 15.1. The molecule has 402 valence electrons. The number of nitrogens with one attached hydrogen (secondary N) is 1. The molecule has 9 heteroatoms. The lowest BCUT2D eigenvalue weighted by atomic mass is 10.0. The summed E-state index contributed by atoms with van der Waals surface area (Å²) in [5.41, 5.74) is 0. The van der Waals surface area contributed by atoms with Gasteiger partial charge in [-0.2, -0.15) is 0 Å². The summed E-state index contributed by atoms with van der Waals surface area (Å²) in [7, 11) is 1.25. The molecule has 0 aliphatic carbocycles. The Hall–Kier alpha value is -3.62. The van der Waals surface area contributed by atoms with Gasteiger partial charge in [-0.15, -0.1) is 0 Å². The number of aliphatic hydroxyl groups is 1. The van der Waals surface area contributed by atoms with Gasteiger partial charge in [-0.3, -0.25) is 9.36 Å². The van der Waals surface area contributed by atoms with Crippen molar-refractivity contribution in [2.45, 2.75) is 199 Å². The summed E-state index contributed by atoms with van der Waals surface area (Å²) in [5, 5.41) is 13.9. The van der Waals surface area contributed by atoms with Gasteiger partial charge in [-0.25, -0.2) is 0 Å². The average Bonchev–Trinajstić information content (AvgIpc) is 3.33. The molecule has 0 saturated carbocycles. The summed E-state index contributed by atoms with van der Waals surface area (Å²) in [6.45, 7) is 4.52. The molecule has 0 aliphatic rings. The Kier molecular flexibility index (Phi) is 48.7. The van der Waals surface area contributed by atoms with Crippen molar-refractivity contribution in [3.63, 3.8) is 0 Å². The SMILES string of the molecule is CC/C=C\C/C=C\C/C=C\C/C=C\C/C=C\C/C=C\C/C=C\C/C=C\C/C=C\C/C=C\C/C=C\C/C=C\CCCCC(=O)NC(COP(=O)([O-])OCC[N+](C)(C)C)C(O)CCCCCCCCCCCC. The fraction of sp³-hybridized carbons (Fsp3) is 0.597. The third kappa shape index (κ3) is 54.0. The molecule has 0 bridgehead atoms. The molecule has 2 N–H and O–H groups in total. The van der Waals surface area contributed by atoms with E-state index >= 15 is 0 Å². The van der Waals surface area contributed by atoms with Gasteiger partial charge in [0.1, 0.15) is 13.2 Å². The molecule has 0 fully saturated rings. The first kappa shape index (κ1) is 67.4. The van der Waals surface area contributed by atoms with Crippen molar-refractivity contribution >= 4 is 13.7 Å². The number of amides is 1. The highest BCUT2D eigenvalue weighted by Gasteiger charge is 2.24. The monoisotopic (exact) mass is 1000 g/mol. The number of phosphoric ester groups is 1. The van der Waals surface area contributed by atoms with E-state index in [1.54, 1.807) is 0 Å². The lowest BCUT2D eigenvalue weighted by Gasteiger charge is -2.30. The van der Waals surface area contributed by atoms with Crippen molar-refractivity contribution in [2.24, 2.45) is 0 Å². The van der Waals surface area contributed by atoms with Gasteiger partial charge >= 0.3 is 0 Å². The number of quaternary nitrogens is 1. The van der Waals surface area contributed by atoms with E-state index in [-0.39, 0.29) is 19.1 Å². The largest absolute Gasteiger partial charge is 0.756 e. The number of aliphatic hydroxyl groups excluding tert-OH is 1. The van der Waals surface area contributed by atoms with Crippen LogP contribution in [0.3, 0.4) is 0 Å². The van der Waals surface area contributed by atoms with Gasteiger partial charge in [0.25, 0.3) is 7.82 Å². The van der Waals surface area contributed by atoms with Gasteiger partial charge in [-0.1, -0.05) is 224 Å². The van der Waals surface area contributed by atoms with E-state index in [4.69, 9.17) is 9.05 Å². The number of phosphoric acid groups is 1. The Morgan fingerprint density at radius 2 is 0.859 bits per heavy atom. The summed E-state index contributed by atoms with van der Waals surface area (Å²) in [6, 6.07) is -0.833. The van der Waals surface area contributed by atoms with Crippen molar-refractivity contribution in [2.75, 3.05) is 40.9 Å². The zero-order valence-electron chi connectivity index (χ0n) is 45.6. The Morgan fingerprint density at radius 1 is 0.507 bits per heavy atom. The predicted molar refractivity (Wildman–Crippen MR) is 306 cm³/mol. The van der Waals surface area contributed by atoms with E-state index in [1.807, 2.05) is 21.1 Å². The topological polar surface area (TPSA) is 108 Å². The highest BCUT2D eigenvalue weighted by atomic mass is 31.2. The maximum absolute atomic E-state index is 12.9. The molecule has 0 spiro atoms. The van der Waals surface area contributed by atoms with Crippen molar-refractivity contribution in [3.05, 3.63) is 146 Å². The maximum atomic E-state index is 12.9. The van der Waals surface area contributed by atoms with Crippen LogP contribution in [0.4, 0.5) is 0 Å². The summed E-state index contributed by atoms with van der Waals surface area (Å²) < 4.78 is 23.2.